The van der Waals surface area contributed by atoms with Gasteiger partial charge in [0.1, 0.15) is 0 Å². The van der Waals surface area contributed by atoms with E-state index in [1.165, 1.54) is 29.9 Å². The molecule has 0 radical (unpaired) electrons. The van der Waals surface area contributed by atoms with Crippen molar-refractivity contribution in [2.75, 3.05) is 7.05 Å². The summed E-state index contributed by atoms with van der Waals surface area (Å²) in [6, 6.07) is 12.0. The van der Waals surface area contributed by atoms with Crippen molar-refractivity contribution in [1.29, 1.82) is 5.26 Å². The van der Waals surface area contributed by atoms with Crippen molar-refractivity contribution in [1.82, 2.24) is 9.88 Å². The number of benzene rings is 1. The highest BCUT2D eigenvalue weighted by Gasteiger charge is 2.07. The molecule has 0 saturated heterocycles. The second kappa shape index (κ2) is 5.85. The molecule has 0 saturated carbocycles. The number of aromatic nitrogens is 1. The van der Waals surface area contributed by atoms with Crippen LogP contribution in [-0.4, -0.2) is 17.5 Å². The number of nitrogens with zero attached hydrogens (tertiary/aromatic N) is 2. The third-order valence-electron chi connectivity index (χ3n) is 2.95. The standard InChI is InChI=1S/C15H13N3O2/c1-17-15(20)13-6-7-14(19)18(10-13)9-12-5-3-2-4-11(12)8-16/h2-7,10H,9H2,1H3,(H,17,20). The molecule has 1 aromatic carbocycles. The number of rotatable bonds is 3. The molecule has 0 atom stereocenters. The average molecular weight is 267 g/mol. The van der Waals surface area contributed by atoms with E-state index in [1.807, 2.05) is 6.07 Å². The maximum absolute atomic E-state index is 11.8. The Labute approximate surface area is 116 Å². The first kappa shape index (κ1) is 13.6. The van der Waals surface area contributed by atoms with Crippen LogP contribution in [0.5, 0.6) is 0 Å². The third-order valence-corrected chi connectivity index (χ3v) is 2.95. The van der Waals surface area contributed by atoms with Crippen molar-refractivity contribution in [2.24, 2.45) is 0 Å². The minimum absolute atomic E-state index is 0.217. The maximum atomic E-state index is 11.8. The third kappa shape index (κ3) is 2.75. The summed E-state index contributed by atoms with van der Waals surface area (Å²) < 4.78 is 1.42. The van der Waals surface area contributed by atoms with Crippen LogP contribution >= 0.6 is 0 Å². The van der Waals surface area contributed by atoms with Gasteiger partial charge in [-0.3, -0.25) is 9.59 Å². The van der Waals surface area contributed by atoms with Gasteiger partial charge in [0.15, 0.2) is 0 Å². The van der Waals surface area contributed by atoms with Gasteiger partial charge in [0.25, 0.3) is 11.5 Å². The summed E-state index contributed by atoms with van der Waals surface area (Å²) >= 11 is 0. The van der Waals surface area contributed by atoms with Crippen LogP contribution in [0.4, 0.5) is 0 Å². The Kier molecular flexibility index (Phi) is 3.96. The fraction of sp³-hybridized carbons (Fsp3) is 0.133. The van der Waals surface area contributed by atoms with Crippen LogP contribution in [0.3, 0.4) is 0 Å². The number of nitrogens with one attached hydrogen (secondary N) is 1. The van der Waals surface area contributed by atoms with Gasteiger partial charge in [-0.25, -0.2) is 0 Å². The van der Waals surface area contributed by atoms with Crippen molar-refractivity contribution >= 4 is 5.91 Å². The van der Waals surface area contributed by atoms with E-state index in [2.05, 4.69) is 11.4 Å². The van der Waals surface area contributed by atoms with E-state index in [4.69, 9.17) is 5.26 Å². The van der Waals surface area contributed by atoms with Gasteiger partial charge < -0.3 is 9.88 Å². The highest BCUT2D eigenvalue weighted by atomic mass is 16.1. The normalized spacial score (nSPS) is 9.80. The van der Waals surface area contributed by atoms with E-state index >= 15 is 0 Å². The first-order chi connectivity index (χ1) is 9.65. The summed E-state index contributed by atoms with van der Waals surface area (Å²) in [5.41, 5.74) is 1.45. The minimum Gasteiger partial charge on any atom is -0.355 e. The molecule has 2 rings (SSSR count). The molecule has 20 heavy (non-hydrogen) atoms. The molecule has 100 valence electrons. The van der Waals surface area contributed by atoms with Crippen LogP contribution in [-0.2, 0) is 6.54 Å². The SMILES string of the molecule is CNC(=O)c1ccc(=O)n(Cc2ccccc2C#N)c1. The molecule has 0 spiro atoms. The van der Waals surface area contributed by atoms with E-state index in [9.17, 15) is 9.59 Å². The first-order valence-corrected chi connectivity index (χ1v) is 6.06. The summed E-state index contributed by atoms with van der Waals surface area (Å²) in [4.78, 5) is 23.4. The van der Waals surface area contributed by atoms with Crippen molar-refractivity contribution < 1.29 is 4.79 Å². The Bertz CT molecular complexity index is 741. The largest absolute Gasteiger partial charge is 0.355 e. The Hall–Kier alpha value is -2.87. The van der Waals surface area contributed by atoms with E-state index in [1.54, 1.807) is 18.2 Å². The van der Waals surface area contributed by atoms with Crippen LogP contribution < -0.4 is 10.9 Å². The monoisotopic (exact) mass is 267 g/mol. The number of carbonyl (C=O) groups is 1. The van der Waals surface area contributed by atoms with Gasteiger partial charge in [-0.05, 0) is 17.7 Å². The lowest BCUT2D eigenvalue weighted by molar-refractivity contribution is 0.0962. The van der Waals surface area contributed by atoms with Gasteiger partial charge in [-0.1, -0.05) is 18.2 Å². The molecule has 0 aliphatic carbocycles. The highest BCUT2D eigenvalue weighted by Crippen LogP contribution is 2.09. The summed E-state index contributed by atoms with van der Waals surface area (Å²) in [6.07, 6.45) is 1.50. The Morgan fingerprint density at radius 1 is 1.30 bits per heavy atom. The smallest absolute Gasteiger partial charge is 0.252 e. The summed E-state index contributed by atoms with van der Waals surface area (Å²) in [6.45, 7) is 0.257. The maximum Gasteiger partial charge on any atom is 0.252 e. The molecule has 1 heterocycles. The zero-order valence-electron chi connectivity index (χ0n) is 11.0. The molecule has 0 aliphatic heterocycles. The molecule has 5 nitrogen and oxygen atoms in total. The Morgan fingerprint density at radius 2 is 2.05 bits per heavy atom. The van der Waals surface area contributed by atoms with E-state index in [0.29, 0.717) is 11.1 Å². The molecular weight excluding hydrogens is 254 g/mol. The molecule has 1 N–H and O–H groups in total. The molecule has 0 fully saturated rings. The van der Waals surface area contributed by atoms with E-state index < -0.39 is 0 Å². The molecule has 0 aliphatic rings. The zero-order chi connectivity index (χ0) is 14.5. The highest BCUT2D eigenvalue weighted by molar-refractivity contribution is 5.93. The average Bonchev–Trinajstić information content (AvgIpc) is 2.49. The number of hydrogen-bond donors (Lipinski definition) is 1. The quantitative estimate of drug-likeness (QED) is 0.905. The van der Waals surface area contributed by atoms with Crippen molar-refractivity contribution in [2.45, 2.75) is 6.54 Å². The number of hydrogen-bond acceptors (Lipinski definition) is 3. The van der Waals surface area contributed by atoms with Gasteiger partial charge in [-0.2, -0.15) is 5.26 Å². The second-order valence-electron chi connectivity index (χ2n) is 4.23. The Morgan fingerprint density at radius 3 is 2.75 bits per heavy atom. The van der Waals surface area contributed by atoms with E-state index in [-0.39, 0.29) is 18.0 Å². The second-order valence-corrected chi connectivity index (χ2v) is 4.23. The predicted octanol–water partition coefficient (Wildman–Crippen LogP) is 1.13. The lowest BCUT2D eigenvalue weighted by Crippen LogP contribution is -2.24. The summed E-state index contributed by atoms with van der Waals surface area (Å²) in [7, 11) is 1.53. The Balaban J connectivity index is 2.41. The summed E-state index contributed by atoms with van der Waals surface area (Å²) in [5.74, 6) is -0.257. The van der Waals surface area contributed by atoms with Crippen molar-refractivity contribution in [3.05, 3.63) is 69.6 Å². The molecule has 2 aromatic rings. The number of carbonyl (C=O) groups excluding carboxylic acids is 1. The topological polar surface area (TPSA) is 74.9 Å². The van der Waals surface area contributed by atoms with Crippen LogP contribution in [0, 0.1) is 11.3 Å². The predicted molar refractivity (Wildman–Crippen MR) is 74.4 cm³/mol. The minimum atomic E-state index is -0.257. The molecule has 0 bridgehead atoms. The van der Waals surface area contributed by atoms with Crippen molar-refractivity contribution in [3.63, 3.8) is 0 Å². The fourth-order valence-corrected chi connectivity index (χ4v) is 1.88. The lowest BCUT2D eigenvalue weighted by Gasteiger charge is -2.09. The van der Waals surface area contributed by atoms with E-state index in [0.717, 1.165) is 5.56 Å². The van der Waals surface area contributed by atoms with Gasteiger partial charge in [0, 0.05) is 19.3 Å². The van der Waals surface area contributed by atoms with Crippen LogP contribution in [0.2, 0.25) is 0 Å². The van der Waals surface area contributed by atoms with Gasteiger partial charge in [-0.15, -0.1) is 0 Å². The van der Waals surface area contributed by atoms with Crippen LogP contribution in [0.1, 0.15) is 21.5 Å². The number of amides is 1. The molecule has 0 unspecified atom stereocenters. The fourth-order valence-electron chi connectivity index (χ4n) is 1.88. The molecule has 5 heteroatoms. The summed E-state index contributed by atoms with van der Waals surface area (Å²) in [5, 5.41) is 11.6. The van der Waals surface area contributed by atoms with Gasteiger partial charge in [0.05, 0.1) is 23.7 Å². The molecule has 1 aromatic heterocycles. The lowest BCUT2D eigenvalue weighted by atomic mass is 10.1. The first-order valence-electron chi connectivity index (χ1n) is 6.06. The molecule has 1 amide bonds. The zero-order valence-corrected chi connectivity index (χ0v) is 11.0. The van der Waals surface area contributed by atoms with Gasteiger partial charge >= 0.3 is 0 Å². The van der Waals surface area contributed by atoms with Crippen LogP contribution in [0.25, 0.3) is 0 Å². The van der Waals surface area contributed by atoms with Crippen LogP contribution in [0.15, 0.2) is 47.4 Å². The molecular formula is C15H13N3O2. The van der Waals surface area contributed by atoms with Crippen molar-refractivity contribution in [3.8, 4) is 6.07 Å². The number of nitriles is 1. The number of pyridine rings is 1. The van der Waals surface area contributed by atoms with Gasteiger partial charge in [0.2, 0.25) is 0 Å².